The van der Waals surface area contributed by atoms with Gasteiger partial charge in [0, 0.05) is 28.0 Å². The van der Waals surface area contributed by atoms with Crippen LogP contribution in [0.1, 0.15) is 6.92 Å². The lowest BCUT2D eigenvalue weighted by molar-refractivity contribution is -0.147. The summed E-state index contributed by atoms with van der Waals surface area (Å²) in [4.78, 5) is 24.6. The predicted molar refractivity (Wildman–Crippen MR) is 132 cm³/mol. The molecular weight excluding hydrogens is 448 g/mol. The first-order valence-corrected chi connectivity index (χ1v) is 11.0. The van der Waals surface area contributed by atoms with Gasteiger partial charge in [0.05, 0.1) is 14.2 Å². The van der Waals surface area contributed by atoms with Crippen molar-refractivity contribution in [2.45, 2.75) is 13.0 Å². The van der Waals surface area contributed by atoms with Gasteiger partial charge in [0.25, 0.3) is 0 Å². The first kappa shape index (κ1) is 22.3. The van der Waals surface area contributed by atoms with Gasteiger partial charge in [0.15, 0.2) is 17.4 Å². The van der Waals surface area contributed by atoms with E-state index in [4.69, 9.17) is 23.0 Å². The molecule has 0 spiro atoms. The molecule has 0 aliphatic heterocycles. The van der Waals surface area contributed by atoms with Crippen molar-refractivity contribution in [3.05, 3.63) is 83.2 Å². The second-order valence-corrected chi connectivity index (χ2v) is 7.96. The van der Waals surface area contributed by atoms with E-state index in [1.807, 2.05) is 48.5 Å². The Bertz CT molecular complexity index is 1600. The van der Waals surface area contributed by atoms with Crippen molar-refractivity contribution in [2.75, 3.05) is 14.2 Å². The predicted octanol–water partition coefficient (Wildman–Crippen LogP) is 5.82. The Labute approximate surface area is 200 Å². The topological polar surface area (TPSA) is 88.1 Å². The van der Waals surface area contributed by atoms with Crippen molar-refractivity contribution >= 4 is 27.9 Å². The van der Waals surface area contributed by atoms with Gasteiger partial charge in [-0.25, -0.2) is 9.59 Å². The summed E-state index contributed by atoms with van der Waals surface area (Å²) in [6, 6.07) is 21.8. The molecule has 0 N–H and O–H groups in total. The molecule has 0 aliphatic carbocycles. The lowest BCUT2D eigenvalue weighted by Crippen LogP contribution is -2.25. The maximum Gasteiger partial charge on any atom is 0.346 e. The van der Waals surface area contributed by atoms with Crippen LogP contribution < -0.4 is 15.1 Å². The summed E-state index contributed by atoms with van der Waals surface area (Å²) in [5.41, 5.74) is 2.45. The number of methoxy groups -OCH3 is 2. The highest BCUT2D eigenvalue weighted by Gasteiger charge is 2.21. The molecule has 0 saturated heterocycles. The van der Waals surface area contributed by atoms with Gasteiger partial charge in [-0.05, 0) is 36.8 Å². The van der Waals surface area contributed by atoms with E-state index in [9.17, 15) is 9.59 Å². The molecule has 176 valence electrons. The summed E-state index contributed by atoms with van der Waals surface area (Å²) in [6.45, 7) is 1.61. The lowest BCUT2D eigenvalue weighted by Gasteiger charge is -2.17. The molecule has 0 unspecified atom stereocenters. The number of carbonyl (C=O) groups excluding carboxylic acids is 1. The number of ether oxygens (including phenoxy) is 3. The van der Waals surface area contributed by atoms with Gasteiger partial charge in [0.2, 0.25) is 0 Å². The molecule has 7 nitrogen and oxygen atoms in total. The fourth-order valence-electron chi connectivity index (χ4n) is 4.07. The minimum Gasteiger partial charge on any atom is -0.493 e. The van der Waals surface area contributed by atoms with Crippen LogP contribution >= 0.6 is 0 Å². The first-order valence-electron chi connectivity index (χ1n) is 11.0. The normalized spacial score (nSPS) is 12.0. The molecule has 5 rings (SSSR count). The summed E-state index contributed by atoms with van der Waals surface area (Å²) in [5.74, 6) is 0.990. The number of para-hydroxylation sites is 1. The van der Waals surface area contributed by atoms with E-state index in [0.29, 0.717) is 44.9 Å². The summed E-state index contributed by atoms with van der Waals surface area (Å²) in [6.07, 6.45) is -0.852. The Kier molecular flexibility index (Phi) is 5.74. The Morgan fingerprint density at radius 1 is 0.857 bits per heavy atom. The van der Waals surface area contributed by atoms with Crippen molar-refractivity contribution in [3.8, 4) is 33.9 Å². The lowest BCUT2D eigenvalue weighted by atomic mass is 10.00. The molecule has 0 radical (unpaired) electrons. The zero-order valence-corrected chi connectivity index (χ0v) is 19.4. The average molecular weight is 470 g/mol. The van der Waals surface area contributed by atoms with E-state index in [-0.39, 0.29) is 0 Å². The standard InChI is InChI=1S/C28H22O7/c1-16(28(30)32-3)33-24-14-20-21(23-12-18-10-7-11-22(31-2)27(18)35-23)15-26(29)34-25(20)13-19(24)17-8-5-4-6-9-17/h4-16H,1-3H3/t16-/m1/s1. The van der Waals surface area contributed by atoms with Crippen molar-refractivity contribution in [2.24, 2.45) is 0 Å². The number of fused-ring (bicyclic) bond motifs is 2. The van der Waals surface area contributed by atoms with Crippen LogP contribution in [0.15, 0.2) is 86.4 Å². The summed E-state index contributed by atoms with van der Waals surface area (Å²) in [7, 11) is 2.88. The van der Waals surface area contributed by atoms with Crippen molar-refractivity contribution in [1.29, 1.82) is 0 Å². The average Bonchev–Trinajstić information content (AvgIpc) is 3.32. The number of hydrogen-bond donors (Lipinski definition) is 0. The molecule has 3 aromatic carbocycles. The maximum absolute atomic E-state index is 12.5. The highest BCUT2D eigenvalue weighted by molar-refractivity contribution is 5.98. The molecule has 2 aromatic heterocycles. The van der Waals surface area contributed by atoms with Crippen molar-refractivity contribution in [1.82, 2.24) is 0 Å². The Hall–Kier alpha value is -4.52. The Balaban J connectivity index is 1.75. The number of esters is 1. The van der Waals surface area contributed by atoms with Gasteiger partial charge in [-0.15, -0.1) is 0 Å². The fraction of sp³-hybridized carbons (Fsp3) is 0.143. The van der Waals surface area contributed by atoms with E-state index in [2.05, 4.69) is 0 Å². The summed E-state index contributed by atoms with van der Waals surface area (Å²) < 4.78 is 27.9. The fourth-order valence-corrected chi connectivity index (χ4v) is 4.07. The van der Waals surface area contributed by atoms with E-state index < -0.39 is 17.7 Å². The molecule has 35 heavy (non-hydrogen) atoms. The molecule has 0 fully saturated rings. The van der Waals surface area contributed by atoms with Gasteiger partial charge in [-0.3, -0.25) is 0 Å². The quantitative estimate of drug-likeness (QED) is 0.228. The smallest absolute Gasteiger partial charge is 0.346 e. The van der Waals surface area contributed by atoms with Crippen LogP contribution in [0.5, 0.6) is 11.5 Å². The molecule has 0 aliphatic rings. The van der Waals surface area contributed by atoms with Crippen LogP contribution in [0.4, 0.5) is 0 Å². The molecule has 1 atom stereocenters. The van der Waals surface area contributed by atoms with Crippen LogP contribution in [0.3, 0.4) is 0 Å². The van der Waals surface area contributed by atoms with E-state index in [1.165, 1.54) is 13.2 Å². The van der Waals surface area contributed by atoms with Crippen LogP contribution in [0.25, 0.3) is 44.4 Å². The molecule has 5 aromatic rings. The van der Waals surface area contributed by atoms with Gasteiger partial charge in [0.1, 0.15) is 17.1 Å². The van der Waals surface area contributed by atoms with Crippen molar-refractivity contribution < 1.29 is 27.8 Å². The number of benzene rings is 3. The zero-order valence-electron chi connectivity index (χ0n) is 19.4. The largest absolute Gasteiger partial charge is 0.493 e. The maximum atomic E-state index is 12.5. The van der Waals surface area contributed by atoms with Crippen LogP contribution in [0.2, 0.25) is 0 Å². The van der Waals surface area contributed by atoms with E-state index >= 15 is 0 Å². The third-order valence-corrected chi connectivity index (χ3v) is 5.76. The molecule has 2 heterocycles. The van der Waals surface area contributed by atoms with Crippen LogP contribution in [0, 0.1) is 0 Å². The van der Waals surface area contributed by atoms with Gasteiger partial charge >= 0.3 is 11.6 Å². The SMILES string of the molecule is COC(=O)[C@@H](C)Oc1cc2c(-c3cc4cccc(OC)c4o3)cc(=O)oc2cc1-c1ccccc1. The first-order chi connectivity index (χ1) is 17.0. The number of carbonyl (C=O) groups is 1. The molecule has 0 amide bonds. The monoisotopic (exact) mass is 470 g/mol. The van der Waals surface area contributed by atoms with Crippen LogP contribution in [-0.2, 0) is 9.53 Å². The molecule has 7 heteroatoms. The van der Waals surface area contributed by atoms with Crippen molar-refractivity contribution in [3.63, 3.8) is 0 Å². The molecular formula is C28H22O7. The third kappa shape index (κ3) is 4.12. The number of furan rings is 1. The van der Waals surface area contributed by atoms with Crippen LogP contribution in [-0.4, -0.2) is 26.3 Å². The van der Waals surface area contributed by atoms with E-state index in [0.717, 1.165) is 10.9 Å². The second-order valence-electron chi connectivity index (χ2n) is 7.96. The third-order valence-electron chi connectivity index (χ3n) is 5.76. The Morgan fingerprint density at radius 2 is 1.66 bits per heavy atom. The van der Waals surface area contributed by atoms with Gasteiger partial charge in [-0.1, -0.05) is 42.5 Å². The zero-order chi connectivity index (χ0) is 24.5. The minimum atomic E-state index is -0.852. The minimum absolute atomic E-state index is 0.358. The molecule has 0 bridgehead atoms. The number of rotatable bonds is 6. The summed E-state index contributed by atoms with van der Waals surface area (Å²) >= 11 is 0. The van der Waals surface area contributed by atoms with Gasteiger partial charge < -0.3 is 23.0 Å². The summed E-state index contributed by atoms with van der Waals surface area (Å²) in [5, 5.41) is 1.42. The highest BCUT2D eigenvalue weighted by Crippen LogP contribution is 2.40. The number of hydrogen-bond acceptors (Lipinski definition) is 7. The highest BCUT2D eigenvalue weighted by atomic mass is 16.6. The molecule has 0 saturated carbocycles. The van der Waals surface area contributed by atoms with E-state index in [1.54, 1.807) is 32.2 Å². The Morgan fingerprint density at radius 3 is 2.40 bits per heavy atom. The van der Waals surface area contributed by atoms with Gasteiger partial charge in [-0.2, -0.15) is 0 Å². The second kappa shape index (κ2) is 9.02.